The number of halogens is 1. The number of ether oxygens (including phenoxy) is 2. The summed E-state index contributed by atoms with van der Waals surface area (Å²) in [6.45, 7) is 2.98. The van der Waals surface area contributed by atoms with Crippen LogP contribution < -0.4 is 10.1 Å². The number of hydrogen-bond donors (Lipinski definition) is 1. The Labute approximate surface area is 151 Å². The van der Waals surface area contributed by atoms with E-state index in [2.05, 4.69) is 29.4 Å². The largest absolute Gasteiger partial charge is 0.481 e. The monoisotopic (exact) mass is 364 g/mol. The van der Waals surface area contributed by atoms with E-state index >= 15 is 0 Å². The van der Waals surface area contributed by atoms with Crippen molar-refractivity contribution in [3.05, 3.63) is 44.7 Å². The Morgan fingerprint density at radius 1 is 1.42 bits per heavy atom. The van der Waals surface area contributed by atoms with Crippen LogP contribution in [0.3, 0.4) is 0 Å². The van der Waals surface area contributed by atoms with Gasteiger partial charge < -0.3 is 14.8 Å². The molecule has 24 heavy (non-hydrogen) atoms. The van der Waals surface area contributed by atoms with Crippen LogP contribution in [-0.4, -0.2) is 24.7 Å². The second-order valence-electron chi connectivity index (χ2n) is 6.66. The van der Waals surface area contributed by atoms with E-state index in [0.29, 0.717) is 11.9 Å². The Balaban J connectivity index is 1.68. The van der Waals surface area contributed by atoms with Gasteiger partial charge in [0.2, 0.25) is 5.88 Å². The van der Waals surface area contributed by atoms with Crippen molar-refractivity contribution in [3.8, 4) is 5.88 Å². The van der Waals surface area contributed by atoms with Crippen LogP contribution in [0.25, 0.3) is 0 Å². The maximum atomic E-state index is 6.38. The molecular weight excluding hydrogens is 344 g/mol. The van der Waals surface area contributed by atoms with Gasteiger partial charge in [0, 0.05) is 35.6 Å². The SMILES string of the molecule is COc1ccc(C2CC3(CC(C)N2)OCCc2cc(Cl)sc23)cn1. The van der Waals surface area contributed by atoms with E-state index in [4.69, 9.17) is 21.1 Å². The molecule has 0 aromatic carbocycles. The van der Waals surface area contributed by atoms with Crippen LogP contribution in [0.5, 0.6) is 5.88 Å². The van der Waals surface area contributed by atoms with Crippen LogP contribution in [-0.2, 0) is 16.8 Å². The summed E-state index contributed by atoms with van der Waals surface area (Å²) in [4.78, 5) is 5.68. The van der Waals surface area contributed by atoms with E-state index in [9.17, 15) is 0 Å². The Bertz CT molecular complexity index is 733. The Morgan fingerprint density at radius 2 is 2.29 bits per heavy atom. The van der Waals surface area contributed by atoms with E-state index in [1.54, 1.807) is 18.4 Å². The van der Waals surface area contributed by atoms with Crippen LogP contribution >= 0.6 is 22.9 Å². The number of nitrogens with zero attached hydrogens (tertiary/aromatic N) is 1. The molecule has 1 fully saturated rings. The van der Waals surface area contributed by atoms with E-state index in [-0.39, 0.29) is 11.6 Å². The van der Waals surface area contributed by atoms with Crippen LogP contribution in [0.2, 0.25) is 4.34 Å². The molecule has 1 N–H and O–H groups in total. The van der Waals surface area contributed by atoms with Gasteiger partial charge in [0.25, 0.3) is 0 Å². The molecule has 0 saturated carbocycles. The van der Waals surface area contributed by atoms with Gasteiger partial charge in [-0.25, -0.2) is 4.98 Å². The van der Waals surface area contributed by atoms with Crippen molar-refractivity contribution in [3.63, 3.8) is 0 Å². The number of thiophene rings is 1. The average Bonchev–Trinajstić information content (AvgIpc) is 2.97. The van der Waals surface area contributed by atoms with Gasteiger partial charge in [0.1, 0.15) is 5.60 Å². The highest BCUT2D eigenvalue weighted by Gasteiger charge is 2.46. The third-order valence-corrected chi connectivity index (χ3v) is 6.46. The first-order valence-corrected chi connectivity index (χ1v) is 9.48. The summed E-state index contributed by atoms with van der Waals surface area (Å²) < 4.78 is 12.4. The van der Waals surface area contributed by atoms with Gasteiger partial charge in [-0.05, 0) is 37.0 Å². The lowest BCUT2D eigenvalue weighted by Crippen LogP contribution is -2.49. The van der Waals surface area contributed by atoms with Gasteiger partial charge in [0.05, 0.1) is 18.1 Å². The van der Waals surface area contributed by atoms with Gasteiger partial charge in [-0.1, -0.05) is 17.7 Å². The van der Waals surface area contributed by atoms with Crippen LogP contribution in [0.15, 0.2) is 24.4 Å². The predicted octanol–water partition coefficient (Wildman–Crippen LogP) is 4.09. The topological polar surface area (TPSA) is 43.4 Å². The van der Waals surface area contributed by atoms with E-state index in [1.807, 2.05) is 12.3 Å². The third kappa shape index (κ3) is 2.84. The van der Waals surface area contributed by atoms with Gasteiger partial charge in [0.15, 0.2) is 0 Å². The highest BCUT2D eigenvalue weighted by molar-refractivity contribution is 7.16. The number of piperidine rings is 1. The zero-order chi connectivity index (χ0) is 16.7. The first kappa shape index (κ1) is 16.3. The van der Waals surface area contributed by atoms with Crippen molar-refractivity contribution < 1.29 is 9.47 Å². The quantitative estimate of drug-likeness (QED) is 0.871. The smallest absolute Gasteiger partial charge is 0.212 e. The van der Waals surface area contributed by atoms with Gasteiger partial charge in [-0.15, -0.1) is 11.3 Å². The lowest BCUT2D eigenvalue weighted by molar-refractivity contribution is -0.0954. The second-order valence-corrected chi connectivity index (χ2v) is 8.34. The van der Waals surface area contributed by atoms with Crippen molar-refractivity contribution in [2.75, 3.05) is 13.7 Å². The molecule has 2 aliphatic rings. The molecule has 1 saturated heterocycles. The molecule has 4 heterocycles. The normalized spacial score (nSPS) is 29.5. The molecule has 4 rings (SSSR count). The number of rotatable bonds is 2. The fourth-order valence-corrected chi connectivity index (χ4v) is 5.46. The van der Waals surface area contributed by atoms with Crippen LogP contribution in [0.1, 0.15) is 41.8 Å². The average molecular weight is 365 g/mol. The van der Waals surface area contributed by atoms with Gasteiger partial charge >= 0.3 is 0 Å². The summed E-state index contributed by atoms with van der Waals surface area (Å²) in [5.41, 5.74) is 2.29. The fourth-order valence-electron chi connectivity index (χ4n) is 3.99. The van der Waals surface area contributed by atoms with Crippen molar-refractivity contribution in [2.45, 2.75) is 43.9 Å². The minimum atomic E-state index is -0.235. The zero-order valence-corrected chi connectivity index (χ0v) is 15.4. The minimum Gasteiger partial charge on any atom is -0.481 e. The number of aromatic nitrogens is 1. The lowest BCUT2D eigenvalue weighted by Gasteiger charge is -2.46. The first-order valence-electron chi connectivity index (χ1n) is 8.28. The molecule has 2 aromatic rings. The molecule has 0 aliphatic carbocycles. The predicted molar refractivity (Wildman–Crippen MR) is 96.0 cm³/mol. The molecule has 3 atom stereocenters. The lowest BCUT2D eigenvalue weighted by atomic mass is 9.78. The maximum Gasteiger partial charge on any atom is 0.212 e. The van der Waals surface area contributed by atoms with Crippen LogP contribution in [0.4, 0.5) is 0 Å². The summed E-state index contributed by atoms with van der Waals surface area (Å²) >= 11 is 7.98. The molecule has 128 valence electrons. The first-order chi connectivity index (χ1) is 11.6. The highest BCUT2D eigenvalue weighted by atomic mass is 35.5. The molecular formula is C18H21ClN2O2S. The molecule has 3 unspecified atom stereocenters. The number of hydrogen-bond acceptors (Lipinski definition) is 5. The summed E-state index contributed by atoms with van der Waals surface area (Å²) in [6, 6.07) is 6.68. The molecule has 1 spiro atoms. The number of nitrogens with one attached hydrogen (secondary N) is 1. The molecule has 2 aromatic heterocycles. The second kappa shape index (κ2) is 6.30. The Morgan fingerprint density at radius 3 is 3.04 bits per heavy atom. The Kier molecular flexibility index (Phi) is 4.29. The number of pyridine rings is 1. The zero-order valence-electron chi connectivity index (χ0n) is 13.8. The van der Waals surface area contributed by atoms with E-state index in [0.717, 1.165) is 30.2 Å². The molecule has 0 bridgehead atoms. The molecule has 4 nitrogen and oxygen atoms in total. The summed E-state index contributed by atoms with van der Waals surface area (Å²) in [5.74, 6) is 0.638. The van der Waals surface area contributed by atoms with E-state index < -0.39 is 0 Å². The van der Waals surface area contributed by atoms with Crippen molar-refractivity contribution >= 4 is 22.9 Å². The number of fused-ring (bicyclic) bond motifs is 2. The maximum absolute atomic E-state index is 6.38. The minimum absolute atomic E-state index is 0.207. The molecule has 0 radical (unpaired) electrons. The molecule has 2 aliphatic heterocycles. The van der Waals surface area contributed by atoms with Crippen molar-refractivity contribution in [1.82, 2.24) is 10.3 Å². The number of methoxy groups -OCH3 is 1. The highest BCUT2D eigenvalue weighted by Crippen LogP contribution is 2.49. The van der Waals surface area contributed by atoms with E-state index in [1.165, 1.54) is 16.0 Å². The van der Waals surface area contributed by atoms with Crippen molar-refractivity contribution in [2.24, 2.45) is 0 Å². The molecule has 6 heteroatoms. The standard InChI is InChI=1S/C18H21ClN2O2S/c1-11-8-18(17-12(5-6-23-18)7-15(19)24-17)9-14(21-11)13-3-4-16(22-2)20-10-13/h3-4,7,10-11,14,21H,5-6,8-9H2,1-2H3. The van der Waals surface area contributed by atoms with Crippen molar-refractivity contribution in [1.29, 1.82) is 0 Å². The summed E-state index contributed by atoms with van der Waals surface area (Å²) in [5, 5.41) is 3.69. The summed E-state index contributed by atoms with van der Waals surface area (Å²) in [6.07, 6.45) is 4.72. The van der Waals surface area contributed by atoms with Gasteiger partial charge in [-0.3, -0.25) is 0 Å². The molecule has 0 amide bonds. The third-order valence-electron chi connectivity index (χ3n) is 4.97. The van der Waals surface area contributed by atoms with Gasteiger partial charge in [-0.2, -0.15) is 0 Å². The fraction of sp³-hybridized carbons (Fsp3) is 0.500. The Hall–Kier alpha value is -1.14. The summed E-state index contributed by atoms with van der Waals surface area (Å²) in [7, 11) is 1.63. The van der Waals surface area contributed by atoms with Crippen LogP contribution in [0, 0.1) is 0 Å².